The van der Waals surface area contributed by atoms with Crippen LogP contribution in [0, 0.1) is 0 Å². The number of aliphatic carboxylic acids is 2. The average Bonchev–Trinajstić information content (AvgIpc) is 1.63. The van der Waals surface area contributed by atoms with Gasteiger partial charge < -0.3 is 15.9 Å². The molecule has 0 heterocycles. The summed E-state index contributed by atoms with van der Waals surface area (Å²) in [6.07, 6.45) is -0.532. The van der Waals surface area contributed by atoms with E-state index in [9.17, 15) is 9.59 Å². The van der Waals surface area contributed by atoms with Crippen molar-refractivity contribution in [2.45, 2.75) is 12.5 Å². The number of carboxylic acids is 2. The van der Waals surface area contributed by atoms with E-state index in [1.54, 1.807) is 0 Å². The summed E-state index contributed by atoms with van der Waals surface area (Å²) in [5.41, 5.74) is 4.84. The van der Waals surface area contributed by atoms with Gasteiger partial charge in [-0.3, -0.25) is 9.59 Å². The number of hydrogen-bond donors (Lipinski definition) is 3. The minimum absolute atomic E-state index is 0. The van der Waals surface area contributed by atoms with Crippen molar-refractivity contribution >= 4 is 11.9 Å². The minimum Gasteiger partial charge on any atom is -0.481 e. The van der Waals surface area contributed by atoms with Crippen molar-refractivity contribution < 1.29 is 71.2 Å². The first-order valence-electron chi connectivity index (χ1n) is 2.24. The van der Waals surface area contributed by atoms with Gasteiger partial charge in [-0.25, -0.2) is 0 Å². The molecular weight excluding hydrogens is 165 g/mol. The Bertz CT molecular complexity index is 137. The smallest absolute Gasteiger partial charge is 0.481 e. The van der Waals surface area contributed by atoms with Crippen LogP contribution in [0.5, 0.6) is 0 Å². The van der Waals surface area contributed by atoms with E-state index in [4.69, 9.17) is 15.9 Å². The average molecular weight is 172 g/mol. The van der Waals surface area contributed by atoms with Crippen LogP contribution in [0.15, 0.2) is 0 Å². The molecule has 0 saturated carbocycles. The van der Waals surface area contributed by atoms with Gasteiger partial charge in [-0.05, 0) is 0 Å². The van der Waals surface area contributed by atoms with E-state index in [0.29, 0.717) is 0 Å². The van der Waals surface area contributed by atoms with Crippen LogP contribution in [0.4, 0.5) is 0 Å². The number of hydrogen-bond acceptors (Lipinski definition) is 3. The van der Waals surface area contributed by atoms with Crippen molar-refractivity contribution in [3.05, 3.63) is 0 Å². The Hall–Kier alpha value is 0.536. The fourth-order valence-corrected chi connectivity index (χ4v) is 0.275. The minimum atomic E-state index is -1.29. The van der Waals surface area contributed by atoms with Crippen LogP contribution in [0.25, 0.3) is 0 Å². The zero-order valence-electron chi connectivity index (χ0n) is 5.57. The Morgan fingerprint density at radius 1 is 1.40 bits per heavy atom. The normalized spacial score (nSPS) is 11.3. The summed E-state index contributed by atoms with van der Waals surface area (Å²) in [7, 11) is 0. The standard InChI is InChI=1S/C4H7NO4.K/c5-2(4(8)9)1-3(6)7;/h2H,1,5H2,(H,6,7)(H,8,9);/q;+1/t2-;/m0./s1. The number of carboxylic acid groups (broad SMARTS) is 2. The summed E-state index contributed by atoms with van der Waals surface area (Å²) in [5.74, 6) is -2.50. The second-order valence-electron chi connectivity index (χ2n) is 1.54. The van der Waals surface area contributed by atoms with Gasteiger partial charge in [0.05, 0.1) is 6.42 Å². The van der Waals surface area contributed by atoms with Crippen LogP contribution in [0.1, 0.15) is 6.42 Å². The fourth-order valence-electron chi connectivity index (χ4n) is 0.275. The second kappa shape index (κ2) is 6.26. The van der Waals surface area contributed by atoms with Gasteiger partial charge >= 0.3 is 63.3 Å². The zero-order valence-corrected chi connectivity index (χ0v) is 8.70. The van der Waals surface area contributed by atoms with Crippen molar-refractivity contribution in [2.24, 2.45) is 5.73 Å². The van der Waals surface area contributed by atoms with E-state index >= 15 is 0 Å². The van der Waals surface area contributed by atoms with Crippen molar-refractivity contribution in [2.75, 3.05) is 0 Å². The van der Waals surface area contributed by atoms with Crippen LogP contribution in [0.2, 0.25) is 0 Å². The number of nitrogens with two attached hydrogens (primary N) is 1. The van der Waals surface area contributed by atoms with Gasteiger partial charge in [0.1, 0.15) is 6.04 Å². The Kier molecular flexibility index (Phi) is 8.23. The van der Waals surface area contributed by atoms with Crippen molar-refractivity contribution in [1.82, 2.24) is 0 Å². The van der Waals surface area contributed by atoms with Crippen molar-refractivity contribution in [3.8, 4) is 0 Å². The molecule has 0 saturated heterocycles. The summed E-state index contributed by atoms with van der Waals surface area (Å²) < 4.78 is 0. The Morgan fingerprint density at radius 3 is 1.90 bits per heavy atom. The molecule has 0 aromatic rings. The van der Waals surface area contributed by atoms with Gasteiger partial charge in [-0.15, -0.1) is 0 Å². The maximum absolute atomic E-state index is 9.85. The molecule has 52 valence electrons. The van der Waals surface area contributed by atoms with Crippen molar-refractivity contribution in [1.29, 1.82) is 0 Å². The van der Waals surface area contributed by atoms with E-state index in [2.05, 4.69) is 0 Å². The third-order valence-electron chi connectivity index (χ3n) is 0.712. The molecule has 0 aromatic heterocycles. The topological polar surface area (TPSA) is 101 Å². The predicted octanol–water partition coefficient (Wildman–Crippen LogP) is -4.12. The molecule has 0 spiro atoms. The van der Waals surface area contributed by atoms with Crippen LogP contribution >= 0.6 is 0 Å². The molecule has 10 heavy (non-hydrogen) atoms. The quantitative estimate of drug-likeness (QED) is 0.375. The van der Waals surface area contributed by atoms with Gasteiger partial charge in [-0.2, -0.15) is 0 Å². The molecule has 4 N–H and O–H groups in total. The molecule has 0 aliphatic heterocycles. The van der Waals surface area contributed by atoms with Gasteiger partial charge in [0.2, 0.25) is 0 Å². The first-order valence-corrected chi connectivity index (χ1v) is 2.24. The summed E-state index contributed by atoms with van der Waals surface area (Å²) in [6, 6.07) is -1.29. The molecule has 0 fully saturated rings. The first kappa shape index (κ1) is 13.1. The molecule has 0 unspecified atom stereocenters. The maximum Gasteiger partial charge on any atom is 1.00 e. The molecule has 5 nitrogen and oxygen atoms in total. The van der Waals surface area contributed by atoms with Gasteiger partial charge in [0.15, 0.2) is 0 Å². The van der Waals surface area contributed by atoms with E-state index in [1.165, 1.54) is 0 Å². The largest absolute Gasteiger partial charge is 1.00 e. The van der Waals surface area contributed by atoms with E-state index < -0.39 is 24.4 Å². The van der Waals surface area contributed by atoms with E-state index in [-0.39, 0.29) is 51.4 Å². The summed E-state index contributed by atoms with van der Waals surface area (Å²) in [6.45, 7) is 0. The van der Waals surface area contributed by atoms with E-state index in [0.717, 1.165) is 0 Å². The molecule has 1 atom stereocenters. The number of rotatable bonds is 3. The second-order valence-corrected chi connectivity index (χ2v) is 1.54. The monoisotopic (exact) mass is 172 g/mol. The zero-order chi connectivity index (χ0) is 7.44. The van der Waals surface area contributed by atoms with Crippen LogP contribution in [-0.4, -0.2) is 28.2 Å². The van der Waals surface area contributed by atoms with E-state index in [1.807, 2.05) is 0 Å². The molecule has 0 aromatic carbocycles. The molecule has 0 radical (unpaired) electrons. The summed E-state index contributed by atoms with van der Waals surface area (Å²) in [5, 5.41) is 16.0. The maximum atomic E-state index is 9.85. The summed E-state index contributed by atoms with van der Waals surface area (Å²) >= 11 is 0. The number of carbonyl (C=O) groups is 2. The molecule has 0 amide bonds. The molecular formula is C4H7KNO4+. The van der Waals surface area contributed by atoms with Crippen LogP contribution in [-0.2, 0) is 9.59 Å². The third kappa shape index (κ3) is 6.65. The molecule has 0 aliphatic rings. The Morgan fingerprint density at radius 2 is 1.80 bits per heavy atom. The van der Waals surface area contributed by atoms with Gasteiger partial charge in [0, 0.05) is 0 Å². The molecule has 0 bridgehead atoms. The van der Waals surface area contributed by atoms with Gasteiger partial charge in [0.25, 0.3) is 0 Å². The summed E-state index contributed by atoms with van der Waals surface area (Å²) in [4.78, 5) is 19.6. The predicted molar refractivity (Wildman–Crippen MR) is 27.9 cm³/mol. The third-order valence-corrected chi connectivity index (χ3v) is 0.712. The molecule has 0 aliphatic carbocycles. The SMILES string of the molecule is N[C@@H](CC(=O)O)C(=O)O.[K+]. The Balaban J connectivity index is 0. The van der Waals surface area contributed by atoms with Crippen molar-refractivity contribution in [3.63, 3.8) is 0 Å². The Labute approximate surface area is 100 Å². The molecule has 0 rings (SSSR count). The van der Waals surface area contributed by atoms with Crippen LogP contribution in [0.3, 0.4) is 0 Å². The van der Waals surface area contributed by atoms with Gasteiger partial charge in [-0.1, -0.05) is 0 Å². The molecule has 6 heteroatoms. The fraction of sp³-hybridized carbons (Fsp3) is 0.500. The first-order chi connectivity index (χ1) is 4.04. The van der Waals surface area contributed by atoms with Crippen LogP contribution < -0.4 is 57.1 Å².